The highest BCUT2D eigenvalue weighted by Crippen LogP contribution is 2.29. The van der Waals surface area contributed by atoms with Crippen molar-refractivity contribution in [3.63, 3.8) is 0 Å². The van der Waals surface area contributed by atoms with Crippen LogP contribution in [0.5, 0.6) is 5.75 Å². The third-order valence-electron chi connectivity index (χ3n) is 5.45. The number of aromatic nitrogens is 2. The van der Waals surface area contributed by atoms with Crippen LogP contribution in [0.1, 0.15) is 40.2 Å². The highest BCUT2D eigenvalue weighted by molar-refractivity contribution is 7.98. The summed E-state index contributed by atoms with van der Waals surface area (Å²) in [6, 6.07) is 6.79. The first-order valence-electron chi connectivity index (χ1n) is 10.3. The smallest absolute Gasteiger partial charge is 0.256 e. The van der Waals surface area contributed by atoms with Crippen LogP contribution in [-0.2, 0) is 5.75 Å². The van der Waals surface area contributed by atoms with E-state index in [1.54, 1.807) is 23.2 Å². The molecule has 1 aromatic carbocycles. The van der Waals surface area contributed by atoms with Crippen LogP contribution in [0.2, 0.25) is 0 Å². The Hall–Kier alpha value is -2.94. The number of amides is 1. The zero-order valence-electron chi connectivity index (χ0n) is 17.8. The number of carbonyl (C=O) groups excluding carboxylic acids is 1. The number of carbonyl (C=O) groups is 1. The lowest BCUT2D eigenvalue weighted by Crippen LogP contribution is -2.42. The number of hydrogen-bond donors (Lipinski definition) is 0. The van der Waals surface area contributed by atoms with E-state index in [1.165, 1.54) is 23.9 Å². The second-order valence-corrected chi connectivity index (χ2v) is 8.60. The summed E-state index contributed by atoms with van der Waals surface area (Å²) in [7, 11) is 0. The number of rotatable bonds is 6. The van der Waals surface area contributed by atoms with Gasteiger partial charge in [0.1, 0.15) is 22.7 Å². The first-order chi connectivity index (χ1) is 15.4. The maximum absolute atomic E-state index is 13.9. The lowest BCUT2D eigenvalue weighted by atomic mass is 10.1. The fraction of sp³-hybridized carbons (Fsp3) is 0.348. The van der Waals surface area contributed by atoms with Gasteiger partial charge in [-0.3, -0.25) is 4.79 Å². The predicted molar refractivity (Wildman–Crippen MR) is 116 cm³/mol. The lowest BCUT2D eigenvalue weighted by Gasteiger charge is -2.32. The summed E-state index contributed by atoms with van der Waals surface area (Å²) in [5.74, 6) is -0.0586. The summed E-state index contributed by atoms with van der Waals surface area (Å²) in [4.78, 5) is 19.3. The van der Waals surface area contributed by atoms with E-state index in [-0.39, 0.29) is 17.8 Å². The van der Waals surface area contributed by atoms with E-state index in [0.717, 1.165) is 23.1 Å². The van der Waals surface area contributed by atoms with Gasteiger partial charge in [0.05, 0.1) is 11.3 Å². The molecule has 0 atom stereocenters. The molecule has 1 amide bonds. The van der Waals surface area contributed by atoms with Crippen molar-refractivity contribution in [2.75, 3.05) is 13.1 Å². The topological polar surface area (TPSA) is 68.5 Å². The molecule has 1 fully saturated rings. The van der Waals surface area contributed by atoms with E-state index in [0.29, 0.717) is 42.3 Å². The molecule has 0 radical (unpaired) electrons. The second kappa shape index (κ2) is 9.68. The number of thioether (sulfide) groups is 1. The van der Waals surface area contributed by atoms with Gasteiger partial charge in [-0.1, -0.05) is 5.16 Å². The molecule has 0 unspecified atom stereocenters. The summed E-state index contributed by atoms with van der Waals surface area (Å²) in [5, 5.41) is 4.63. The average Bonchev–Trinajstić information content (AvgIpc) is 3.11. The van der Waals surface area contributed by atoms with Gasteiger partial charge in [0, 0.05) is 49.5 Å². The fourth-order valence-corrected chi connectivity index (χ4v) is 4.75. The van der Waals surface area contributed by atoms with Crippen LogP contribution in [0.15, 0.2) is 46.1 Å². The first kappa shape index (κ1) is 22.3. The molecule has 32 heavy (non-hydrogen) atoms. The average molecular weight is 460 g/mol. The number of piperidine rings is 1. The highest BCUT2D eigenvalue weighted by atomic mass is 32.2. The number of pyridine rings is 1. The monoisotopic (exact) mass is 459 g/mol. The van der Waals surface area contributed by atoms with Crippen LogP contribution in [-0.4, -0.2) is 40.1 Å². The van der Waals surface area contributed by atoms with Gasteiger partial charge in [-0.2, -0.15) is 0 Å². The molecule has 0 N–H and O–H groups in total. The van der Waals surface area contributed by atoms with Crippen LogP contribution in [0.4, 0.5) is 8.78 Å². The molecule has 1 aliphatic rings. The maximum Gasteiger partial charge on any atom is 0.256 e. The number of halogens is 2. The van der Waals surface area contributed by atoms with Gasteiger partial charge in [0.25, 0.3) is 5.91 Å². The quantitative estimate of drug-likeness (QED) is 0.487. The Morgan fingerprint density at radius 1 is 1.25 bits per heavy atom. The molecule has 3 aromatic rings. The summed E-state index contributed by atoms with van der Waals surface area (Å²) >= 11 is 1.47. The number of nitrogens with zero attached hydrogens (tertiary/aromatic N) is 3. The standard InChI is InChI=1S/C23H23F2N3O3S/c1-14-19(15(2)31-27-14)13-32-22-18(4-3-9-26-22)23(29)28-10-7-17(8-11-28)30-21-6-5-16(24)12-20(21)25/h3-6,9,12,17H,7-8,10-11,13H2,1-2H3. The Balaban J connectivity index is 1.38. The van der Waals surface area contributed by atoms with Crippen molar-refractivity contribution in [2.45, 2.75) is 43.6 Å². The van der Waals surface area contributed by atoms with Crippen molar-refractivity contribution < 1.29 is 22.8 Å². The van der Waals surface area contributed by atoms with Crippen LogP contribution in [0.3, 0.4) is 0 Å². The van der Waals surface area contributed by atoms with Gasteiger partial charge < -0.3 is 14.2 Å². The number of ether oxygens (including phenoxy) is 1. The van der Waals surface area contributed by atoms with E-state index in [4.69, 9.17) is 9.26 Å². The molecular weight excluding hydrogens is 436 g/mol. The minimum atomic E-state index is -0.723. The number of hydrogen-bond acceptors (Lipinski definition) is 6. The van der Waals surface area contributed by atoms with E-state index in [9.17, 15) is 13.6 Å². The van der Waals surface area contributed by atoms with Gasteiger partial charge in [0.15, 0.2) is 11.6 Å². The summed E-state index contributed by atoms with van der Waals surface area (Å²) in [6.45, 7) is 4.72. The third kappa shape index (κ3) is 4.93. The number of aryl methyl sites for hydroxylation is 2. The molecule has 0 bridgehead atoms. The summed E-state index contributed by atoms with van der Waals surface area (Å²) < 4.78 is 37.8. The first-order valence-corrected chi connectivity index (χ1v) is 11.3. The largest absolute Gasteiger partial charge is 0.487 e. The van der Waals surface area contributed by atoms with Crippen molar-refractivity contribution >= 4 is 17.7 Å². The Morgan fingerprint density at radius 2 is 2.03 bits per heavy atom. The van der Waals surface area contributed by atoms with E-state index in [2.05, 4.69) is 10.1 Å². The van der Waals surface area contributed by atoms with Gasteiger partial charge in [0.2, 0.25) is 0 Å². The normalized spacial score (nSPS) is 14.6. The van der Waals surface area contributed by atoms with Crippen LogP contribution in [0, 0.1) is 25.5 Å². The Labute approximate surface area is 188 Å². The SMILES string of the molecule is Cc1noc(C)c1CSc1ncccc1C(=O)N1CCC(Oc2ccc(F)cc2F)CC1. The third-order valence-corrected chi connectivity index (χ3v) is 6.48. The van der Waals surface area contributed by atoms with Crippen molar-refractivity contribution in [1.29, 1.82) is 0 Å². The van der Waals surface area contributed by atoms with Gasteiger partial charge in [-0.15, -0.1) is 11.8 Å². The van der Waals surface area contributed by atoms with Crippen LogP contribution in [0.25, 0.3) is 0 Å². The summed E-state index contributed by atoms with van der Waals surface area (Å²) in [6.07, 6.45) is 2.56. The van der Waals surface area contributed by atoms with E-state index < -0.39 is 11.6 Å². The molecule has 1 saturated heterocycles. The van der Waals surface area contributed by atoms with Gasteiger partial charge in [-0.25, -0.2) is 13.8 Å². The molecule has 3 heterocycles. The zero-order chi connectivity index (χ0) is 22.7. The molecular formula is C23H23F2N3O3S. The minimum absolute atomic E-state index is 0.0291. The molecule has 0 aliphatic carbocycles. The Kier molecular flexibility index (Phi) is 6.74. The molecule has 168 valence electrons. The Morgan fingerprint density at radius 3 is 2.72 bits per heavy atom. The zero-order valence-corrected chi connectivity index (χ0v) is 18.6. The van der Waals surface area contributed by atoms with Gasteiger partial charge >= 0.3 is 0 Å². The van der Waals surface area contributed by atoms with Gasteiger partial charge in [-0.05, 0) is 38.1 Å². The van der Waals surface area contributed by atoms with Crippen LogP contribution >= 0.6 is 11.8 Å². The van der Waals surface area contributed by atoms with Crippen molar-refractivity contribution in [2.24, 2.45) is 0 Å². The molecule has 0 spiro atoms. The minimum Gasteiger partial charge on any atom is -0.487 e. The number of likely N-dealkylation sites (tertiary alicyclic amines) is 1. The molecule has 9 heteroatoms. The van der Waals surface area contributed by atoms with Crippen molar-refractivity contribution in [1.82, 2.24) is 15.0 Å². The molecule has 2 aromatic heterocycles. The fourth-order valence-electron chi connectivity index (χ4n) is 3.61. The lowest BCUT2D eigenvalue weighted by molar-refractivity contribution is 0.0584. The Bertz CT molecular complexity index is 1090. The molecule has 1 aliphatic heterocycles. The van der Waals surface area contributed by atoms with Crippen molar-refractivity contribution in [3.8, 4) is 5.75 Å². The maximum atomic E-state index is 13.9. The van der Waals surface area contributed by atoms with Crippen LogP contribution < -0.4 is 4.74 Å². The second-order valence-electron chi connectivity index (χ2n) is 7.63. The molecule has 4 rings (SSSR count). The highest BCUT2D eigenvalue weighted by Gasteiger charge is 2.27. The van der Waals surface area contributed by atoms with E-state index >= 15 is 0 Å². The predicted octanol–water partition coefficient (Wildman–Crippen LogP) is 4.94. The summed E-state index contributed by atoms with van der Waals surface area (Å²) in [5.41, 5.74) is 2.39. The molecule has 6 nitrogen and oxygen atoms in total. The van der Waals surface area contributed by atoms with Crippen molar-refractivity contribution in [3.05, 3.63) is 70.7 Å². The molecule has 0 saturated carbocycles. The van der Waals surface area contributed by atoms with E-state index in [1.807, 2.05) is 13.8 Å². The number of benzene rings is 1.